The van der Waals surface area contributed by atoms with Gasteiger partial charge in [0, 0.05) is 19.7 Å². The second-order valence-electron chi connectivity index (χ2n) is 3.85. The third-order valence-corrected chi connectivity index (χ3v) is 2.71. The highest BCUT2D eigenvalue weighted by atomic mass is 16.5. The van der Waals surface area contributed by atoms with Crippen molar-refractivity contribution in [2.24, 2.45) is 7.05 Å². The molecule has 5 nitrogen and oxygen atoms in total. The molecule has 0 radical (unpaired) electrons. The van der Waals surface area contributed by atoms with Crippen molar-refractivity contribution in [3.8, 4) is 17.0 Å². The van der Waals surface area contributed by atoms with E-state index in [0.717, 1.165) is 17.0 Å². The van der Waals surface area contributed by atoms with Crippen molar-refractivity contribution in [3.05, 3.63) is 36.0 Å². The monoisotopic (exact) mass is 245 g/mol. The van der Waals surface area contributed by atoms with Crippen LogP contribution in [0.1, 0.15) is 10.5 Å². The van der Waals surface area contributed by atoms with E-state index in [2.05, 4.69) is 10.4 Å². The Morgan fingerprint density at radius 1 is 1.39 bits per heavy atom. The minimum Gasteiger partial charge on any atom is -0.497 e. The van der Waals surface area contributed by atoms with Gasteiger partial charge in [-0.15, -0.1) is 0 Å². The lowest BCUT2D eigenvalue weighted by atomic mass is 10.1. The summed E-state index contributed by atoms with van der Waals surface area (Å²) < 4.78 is 6.73. The molecule has 1 aromatic carbocycles. The molecule has 1 amide bonds. The van der Waals surface area contributed by atoms with E-state index in [1.807, 2.05) is 24.3 Å². The smallest absolute Gasteiger partial charge is 0.269 e. The van der Waals surface area contributed by atoms with Gasteiger partial charge in [0.1, 0.15) is 11.4 Å². The number of aryl methyl sites for hydroxylation is 1. The number of hydrogen-bond donors (Lipinski definition) is 1. The van der Waals surface area contributed by atoms with Gasteiger partial charge in [-0.2, -0.15) is 5.10 Å². The van der Waals surface area contributed by atoms with Crippen molar-refractivity contribution in [1.82, 2.24) is 15.1 Å². The Labute approximate surface area is 105 Å². The molecule has 2 rings (SSSR count). The van der Waals surface area contributed by atoms with Gasteiger partial charge in [-0.1, -0.05) is 12.1 Å². The molecule has 5 heteroatoms. The summed E-state index contributed by atoms with van der Waals surface area (Å²) in [6, 6.07) is 9.33. The van der Waals surface area contributed by atoms with Crippen molar-refractivity contribution in [1.29, 1.82) is 0 Å². The van der Waals surface area contributed by atoms with Crippen molar-refractivity contribution in [2.75, 3.05) is 14.2 Å². The summed E-state index contributed by atoms with van der Waals surface area (Å²) in [6.45, 7) is 0. The van der Waals surface area contributed by atoms with Crippen LogP contribution in [0.3, 0.4) is 0 Å². The molecule has 18 heavy (non-hydrogen) atoms. The van der Waals surface area contributed by atoms with Crippen LogP contribution in [0.2, 0.25) is 0 Å². The normalized spacial score (nSPS) is 10.2. The predicted molar refractivity (Wildman–Crippen MR) is 68.6 cm³/mol. The number of benzene rings is 1. The van der Waals surface area contributed by atoms with Crippen LogP contribution in [-0.2, 0) is 7.05 Å². The fraction of sp³-hybridized carbons (Fsp3) is 0.231. The number of nitrogens with one attached hydrogen (secondary N) is 1. The average molecular weight is 245 g/mol. The molecule has 0 bridgehead atoms. The van der Waals surface area contributed by atoms with Crippen molar-refractivity contribution in [2.45, 2.75) is 0 Å². The fourth-order valence-corrected chi connectivity index (χ4v) is 1.73. The molecule has 0 aliphatic heterocycles. The number of aromatic nitrogens is 2. The van der Waals surface area contributed by atoms with Crippen molar-refractivity contribution in [3.63, 3.8) is 0 Å². The van der Waals surface area contributed by atoms with Gasteiger partial charge in [0.15, 0.2) is 0 Å². The van der Waals surface area contributed by atoms with E-state index in [1.54, 1.807) is 32.0 Å². The summed E-state index contributed by atoms with van der Waals surface area (Å²) in [5.74, 6) is 0.610. The maximum absolute atomic E-state index is 11.6. The van der Waals surface area contributed by atoms with Gasteiger partial charge < -0.3 is 10.1 Å². The Morgan fingerprint density at radius 2 is 2.17 bits per heavy atom. The molecule has 1 aromatic heterocycles. The Morgan fingerprint density at radius 3 is 2.83 bits per heavy atom. The first-order chi connectivity index (χ1) is 8.65. The van der Waals surface area contributed by atoms with E-state index in [4.69, 9.17) is 4.74 Å². The molecular weight excluding hydrogens is 230 g/mol. The van der Waals surface area contributed by atoms with E-state index in [9.17, 15) is 4.79 Å². The minimum absolute atomic E-state index is 0.154. The molecule has 0 unspecified atom stereocenters. The second kappa shape index (κ2) is 4.91. The molecule has 0 atom stereocenters. The number of hydrogen-bond acceptors (Lipinski definition) is 3. The molecule has 0 saturated heterocycles. The van der Waals surface area contributed by atoms with Crippen LogP contribution in [0.5, 0.6) is 5.75 Å². The quantitative estimate of drug-likeness (QED) is 0.890. The summed E-state index contributed by atoms with van der Waals surface area (Å²) in [6.07, 6.45) is 0. The third-order valence-electron chi connectivity index (χ3n) is 2.71. The van der Waals surface area contributed by atoms with E-state index >= 15 is 0 Å². The topological polar surface area (TPSA) is 56.1 Å². The Bertz CT molecular complexity index is 575. The number of methoxy groups -OCH3 is 1. The molecule has 0 spiro atoms. The highest BCUT2D eigenvalue weighted by Gasteiger charge is 2.12. The maximum atomic E-state index is 11.6. The van der Waals surface area contributed by atoms with E-state index in [-0.39, 0.29) is 5.91 Å². The van der Waals surface area contributed by atoms with Gasteiger partial charge in [0.2, 0.25) is 0 Å². The summed E-state index contributed by atoms with van der Waals surface area (Å²) in [5, 5.41) is 6.91. The van der Waals surface area contributed by atoms with Gasteiger partial charge in [0.05, 0.1) is 12.8 Å². The first-order valence-corrected chi connectivity index (χ1v) is 5.56. The number of carbonyl (C=O) groups excluding carboxylic acids is 1. The molecular formula is C13H15N3O2. The summed E-state index contributed by atoms with van der Waals surface area (Å²) >= 11 is 0. The van der Waals surface area contributed by atoms with Crippen LogP contribution in [0, 0.1) is 0 Å². The fourth-order valence-electron chi connectivity index (χ4n) is 1.73. The lowest BCUT2D eigenvalue weighted by molar-refractivity contribution is 0.0954. The zero-order valence-electron chi connectivity index (χ0n) is 10.6. The Balaban J connectivity index is 2.42. The van der Waals surface area contributed by atoms with Crippen LogP contribution >= 0.6 is 0 Å². The van der Waals surface area contributed by atoms with Gasteiger partial charge in [-0.3, -0.25) is 9.48 Å². The van der Waals surface area contributed by atoms with Gasteiger partial charge >= 0.3 is 0 Å². The highest BCUT2D eigenvalue weighted by molar-refractivity contribution is 5.93. The minimum atomic E-state index is -0.154. The zero-order valence-corrected chi connectivity index (χ0v) is 10.6. The number of ether oxygens (including phenoxy) is 1. The summed E-state index contributed by atoms with van der Waals surface area (Å²) in [5.41, 5.74) is 2.19. The molecule has 94 valence electrons. The van der Waals surface area contributed by atoms with Crippen LogP contribution in [0.15, 0.2) is 30.3 Å². The third kappa shape index (κ3) is 2.20. The van der Waals surface area contributed by atoms with E-state index in [0.29, 0.717) is 5.69 Å². The highest BCUT2D eigenvalue weighted by Crippen LogP contribution is 2.23. The second-order valence-corrected chi connectivity index (χ2v) is 3.85. The molecule has 1 N–H and O–H groups in total. The van der Waals surface area contributed by atoms with Gasteiger partial charge in [0.25, 0.3) is 5.91 Å². The SMILES string of the molecule is CNC(=O)c1cc(-c2cccc(OC)c2)nn1C. The van der Waals surface area contributed by atoms with Crippen LogP contribution < -0.4 is 10.1 Å². The molecule has 0 aliphatic carbocycles. The predicted octanol–water partition coefficient (Wildman–Crippen LogP) is 1.46. The molecule has 0 saturated carbocycles. The molecule has 1 heterocycles. The number of carbonyl (C=O) groups is 1. The van der Waals surface area contributed by atoms with Crippen molar-refractivity contribution < 1.29 is 9.53 Å². The van der Waals surface area contributed by atoms with E-state index in [1.165, 1.54) is 0 Å². The number of rotatable bonds is 3. The van der Waals surface area contributed by atoms with Crippen LogP contribution in [0.25, 0.3) is 11.3 Å². The van der Waals surface area contributed by atoms with Gasteiger partial charge in [-0.05, 0) is 18.2 Å². The Hall–Kier alpha value is -2.30. The lowest BCUT2D eigenvalue weighted by Gasteiger charge is -2.01. The average Bonchev–Trinajstić information content (AvgIpc) is 2.80. The Kier molecular flexibility index (Phi) is 3.32. The van der Waals surface area contributed by atoms with Crippen molar-refractivity contribution >= 4 is 5.91 Å². The lowest BCUT2D eigenvalue weighted by Crippen LogP contribution is -2.20. The summed E-state index contributed by atoms with van der Waals surface area (Å²) in [7, 11) is 4.96. The number of amides is 1. The van der Waals surface area contributed by atoms with Crippen LogP contribution in [-0.4, -0.2) is 29.8 Å². The first-order valence-electron chi connectivity index (χ1n) is 5.56. The summed E-state index contributed by atoms with van der Waals surface area (Å²) in [4.78, 5) is 11.6. The molecule has 0 fully saturated rings. The van der Waals surface area contributed by atoms with Crippen LogP contribution in [0.4, 0.5) is 0 Å². The standard InChI is InChI=1S/C13H15N3O2/c1-14-13(17)12-8-11(15-16(12)2)9-5-4-6-10(7-9)18-3/h4-8H,1-3H3,(H,14,17). The largest absolute Gasteiger partial charge is 0.497 e. The van der Waals surface area contributed by atoms with Gasteiger partial charge in [-0.25, -0.2) is 0 Å². The first kappa shape index (κ1) is 12.2. The molecule has 0 aliphatic rings. The maximum Gasteiger partial charge on any atom is 0.269 e. The van der Waals surface area contributed by atoms with E-state index < -0.39 is 0 Å². The zero-order chi connectivity index (χ0) is 13.1. The molecule has 2 aromatic rings. The number of nitrogens with zero attached hydrogens (tertiary/aromatic N) is 2.